The van der Waals surface area contributed by atoms with Crippen molar-refractivity contribution in [3.8, 4) is 0 Å². The lowest BCUT2D eigenvalue weighted by Gasteiger charge is -2.20. The van der Waals surface area contributed by atoms with Gasteiger partial charge in [0.25, 0.3) is 0 Å². The molecule has 21 heavy (non-hydrogen) atoms. The zero-order chi connectivity index (χ0) is 16.6. The molecule has 4 nitrogen and oxygen atoms in total. The van der Waals surface area contributed by atoms with Crippen molar-refractivity contribution in [3.63, 3.8) is 0 Å². The highest BCUT2D eigenvalue weighted by Gasteiger charge is 2.68. The lowest BCUT2D eigenvalue weighted by Crippen LogP contribution is -2.35. The fourth-order valence-electron chi connectivity index (χ4n) is 2.44. The molecule has 1 saturated carbocycles. The standard InChI is InChI=1S/C12H15Cl2F3O4/c1-4-20-9(18)6-5(11(6,2)3)7(8(13)14)21-10(19)12(15,16)17/h5-8H,4H2,1-3H3. The topological polar surface area (TPSA) is 52.6 Å². The molecule has 1 rings (SSSR count). The molecule has 0 aromatic heterocycles. The van der Waals surface area contributed by atoms with E-state index in [-0.39, 0.29) is 6.61 Å². The van der Waals surface area contributed by atoms with Crippen LogP contribution in [0.2, 0.25) is 0 Å². The summed E-state index contributed by atoms with van der Waals surface area (Å²) >= 11 is 11.2. The van der Waals surface area contributed by atoms with Crippen molar-refractivity contribution in [1.82, 2.24) is 0 Å². The summed E-state index contributed by atoms with van der Waals surface area (Å²) in [6.07, 6.45) is -6.59. The molecule has 0 radical (unpaired) electrons. The lowest BCUT2D eigenvalue weighted by molar-refractivity contribution is -0.205. The SMILES string of the molecule is CCOC(=O)C1C(C(OC(=O)C(F)(F)F)C(Cl)Cl)C1(C)C. The van der Waals surface area contributed by atoms with Crippen molar-refractivity contribution in [3.05, 3.63) is 0 Å². The molecule has 1 aliphatic carbocycles. The molecule has 0 heterocycles. The van der Waals surface area contributed by atoms with E-state index < -0.39 is 46.3 Å². The normalized spacial score (nSPS) is 25.4. The van der Waals surface area contributed by atoms with Gasteiger partial charge in [-0.05, 0) is 12.3 Å². The molecule has 0 aromatic carbocycles. The summed E-state index contributed by atoms with van der Waals surface area (Å²) in [4.78, 5) is 21.3. The number of esters is 2. The van der Waals surface area contributed by atoms with Crippen LogP contribution in [0.4, 0.5) is 13.2 Å². The van der Waals surface area contributed by atoms with Crippen molar-refractivity contribution in [1.29, 1.82) is 0 Å². The largest absolute Gasteiger partial charge is 0.490 e. The van der Waals surface area contributed by atoms with Crippen LogP contribution in [0, 0.1) is 17.3 Å². The fraction of sp³-hybridized carbons (Fsp3) is 0.833. The van der Waals surface area contributed by atoms with Crippen LogP contribution < -0.4 is 0 Å². The zero-order valence-corrected chi connectivity index (χ0v) is 13.1. The monoisotopic (exact) mass is 350 g/mol. The number of hydrogen-bond donors (Lipinski definition) is 0. The van der Waals surface area contributed by atoms with Crippen LogP contribution in [-0.2, 0) is 19.1 Å². The second-order valence-corrected chi connectivity index (χ2v) is 6.44. The Morgan fingerprint density at radius 1 is 1.29 bits per heavy atom. The summed E-state index contributed by atoms with van der Waals surface area (Å²) in [7, 11) is 0. The molecule has 122 valence electrons. The van der Waals surface area contributed by atoms with Gasteiger partial charge in [-0.1, -0.05) is 13.8 Å². The van der Waals surface area contributed by atoms with Crippen LogP contribution in [0.5, 0.6) is 0 Å². The Bertz CT molecular complexity index is 423. The molecular formula is C12H15Cl2F3O4. The second-order valence-electron chi connectivity index (χ2n) is 5.28. The third-order valence-electron chi connectivity index (χ3n) is 3.53. The van der Waals surface area contributed by atoms with Crippen molar-refractivity contribution in [2.24, 2.45) is 17.3 Å². The Hall–Kier alpha value is -0.690. The molecule has 0 aromatic rings. The average Bonchev–Trinajstić information content (AvgIpc) is 2.87. The average molecular weight is 351 g/mol. The van der Waals surface area contributed by atoms with E-state index in [9.17, 15) is 22.8 Å². The van der Waals surface area contributed by atoms with Crippen molar-refractivity contribution in [2.75, 3.05) is 6.61 Å². The molecule has 9 heteroatoms. The van der Waals surface area contributed by atoms with Gasteiger partial charge in [-0.15, -0.1) is 23.2 Å². The number of carbonyl (C=O) groups is 2. The highest BCUT2D eigenvalue weighted by atomic mass is 35.5. The van der Waals surface area contributed by atoms with Crippen LogP contribution in [0.1, 0.15) is 20.8 Å². The molecule has 0 bridgehead atoms. The van der Waals surface area contributed by atoms with Gasteiger partial charge in [-0.25, -0.2) is 4.79 Å². The quantitative estimate of drug-likeness (QED) is 0.564. The van der Waals surface area contributed by atoms with Gasteiger partial charge in [0.2, 0.25) is 0 Å². The number of carbonyl (C=O) groups excluding carboxylic acids is 2. The predicted octanol–water partition coefficient (Wildman–Crippen LogP) is 3.10. The predicted molar refractivity (Wildman–Crippen MR) is 68.8 cm³/mol. The van der Waals surface area contributed by atoms with Crippen LogP contribution in [0.25, 0.3) is 0 Å². The van der Waals surface area contributed by atoms with E-state index in [4.69, 9.17) is 27.9 Å². The number of alkyl halides is 5. The fourth-order valence-corrected chi connectivity index (χ4v) is 2.86. The van der Waals surface area contributed by atoms with E-state index in [0.717, 1.165) is 0 Å². The van der Waals surface area contributed by atoms with Gasteiger partial charge < -0.3 is 9.47 Å². The first-order valence-electron chi connectivity index (χ1n) is 6.17. The van der Waals surface area contributed by atoms with E-state index in [1.165, 1.54) is 0 Å². The molecule has 0 saturated heterocycles. The third kappa shape index (κ3) is 3.94. The molecule has 0 aliphatic heterocycles. The first-order valence-corrected chi connectivity index (χ1v) is 7.04. The molecule has 3 unspecified atom stereocenters. The van der Waals surface area contributed by atoms with Crippen molar-refractivity contribution in [2.45, 2.75) is 37.9 Å². The summed E-state index contributed by atoms with van der Waals surface area (Å²) in [6.45, 7) is 5.03. The minimum absolute atomic E-state index is 0.135. The summed E-state index contributed by atoms with van der Waals surface area (Å²) in [5.41, 5.74) is -0.717. The Kier molecular flexibility index (Phi) is 5.42. The van der Waals surface area contributed by atoms with Crippen LogP contribution in [-0.4, -0.2) is 35.7 Å². The summed E-state index contributed by atoms with van der Waals surface area (Å²) in [5, 5.41) is 0. The second kappa shape index (κ2) is 6.20. The van der Waals surface area contributed by atoms with Gasteiger partial charge in [0.1, 0.15) is 10.9 Å². The lowest BCUT2D eigenvalue weighted by atomic mass is 10.1. The maximum absolute atomic E-state index is 12.3. The van der Waals surface area contributed by atoms with E-state index in [1.807, 2.05) is 0 Å². The van der Waals surface area contributed by atoms with Crippen molar-refractivity contribution >= 4 is 35.1 Å². The van der Waals surface area contributed by atoms with Gasteiger partial charge in [0, 0.05) is 5.92 Å². The molecular weight excluding hydrogens is 336 g/mol. The van der Waals surface area contributed by atoms with Crippen molar-refractivity contribution < 1.29 is 32.2 Å². The molecule has 0 N–H and O–H groups in total. The summed E-state index contributed by atoms with van der Waals surface area (Å²) in [5.74, 6) is -4.41. The van der Waals surface area contributed by atoms with Gasteiger partial charge >= 0.3 is 18.1 Å². The van der Waals surface area contributed by atoms with E-state index >= 15 is 0 Å². The summed E-state index contributed by atoms with van der Waals surface area (Å²) in [6, 6.07) is 0. The van der Waals surface area contributed by atoms with E-state index in [0.29, 0.717) is 0 Å². The Morgan fingerprint density at radius 2 is 1.81 bits per heavy atom. The van der Waals surface area contributed by atoms with E-state index in [1.54, 1.807) is 20.8 Å². The van der Waals surface area contributed by atoms with Gasteiger partial charge in [-0.3, -0.25) is 4.79 Å². The van der Waals surface area contributed by atoms with Gasteiger partial charge in [0.15, 0.2) is 0 Å². The van der Waals surface area contributed by atoms with Crippen LogP contribution >= 0.6 is 23.2 Å². The first-order chi connectivity index (χ1) is 9.44. The van der Waals surface area contributed by atoms with Crippen LogP contribution in [0.15, 0.2) is 0 Å². The minimum Gasteiger partial charge on any atom is -0.466 e. The highest BCUT2D eigenvalue weighted by molar-refractivity contribution is 6.44. The Balaban J connectivity index is 2.88. The molecule has 3 atom stereocenters. The molecule has 1 fully saturated rings. The summed E-state index contributed by atoms with van der Waals surface area (Å²) < 4.78 is 46.0. The number of rotatable bonds is 5. The maximum Gasteiger partial charge on any atom is 0.490 e. The van der Waals surface area contributed by atoms with Gasteiger partial charge in [-0.2, -0.15) is 13.2 Å². The Morgan fingerprint density at radius 3 is 2.19 bits per heavy atom. The Labute approximate surface area is 129 Å². The number of hydrogen-bond acceptors (Lipinski definition) is 4. The van der Waals surface area contributed by atoms with Gasteiger partial charge in [0.05, 0.1) is 12.5 Å². The molecule has 1 aliphatic rings. The number of ether oxygens (including phenoxy) is 2. The molecule has 0 spiro atoms. The zero-order valence-electron chi connectivity index (χ0n) is 11.5. The first kappa shape index (κ1) is 18.4. The third-order valence-corrected chi connectivity index (χ3v) is 4.02. The van der Waals surface area contributed by atoms with E-state index in [2.05, 4.69) is 4.74 Å². The maximum atomic E-state index is 12.3. The highest BCUT2D eigenvalue weighted by Crippen LogP contribution is 2.62. The number of halogens is 5. The van der Waals surface area contributed by atoms with Crippen LogP contribution in [0.3, 0.4) is 0 Å². The smallest absolute Gasteiger partial charge is 0.466 e. The minimum atomic E-state index is -5.15. The molecule has 0 amide bonds.